The summed E-state index contributed by atoms with van der Waals surface area (Å²) in [5.41, 5.74) is 6.88. The number of hydrogen-bond donors (Lipinski definition) is 1. The van der Waals surface area contributed by atoms with Crippen LogP contribution in [0, 0.1) is 5.41 Å². The van der Waals surface area contributed by atoms with Gasteiger partial charge in [-0.1, -0.05) is 20.8 Å². The van der Waals surface area contributed by atoms with Crippen molar-refractivity contribution in [2.75, 3.05) is 6.61 Å². The van der Waals surface area contributed by atoms with Crippen molar-refractivity contribution in [1.29, 1.82) is 0 Å². The van der Waals surface area contributed by atoms with Crippen molar-refractivity contribution in [2.24, 2.45) is 11.1 Å². The largest absolute Gasteiger partial charge is 0.494 e. The molecule has 0 spiro atoms. The number of carbonyl (C=O) groups excluding carboxylic acids is 1. The van der Waals surface area contributed by atoms with Crippen LogP contribution in [0.4, 0.5) is 0 Å². The van der Waals surface area contributed by atoms with Crippen LogP contribution in [-0.2, 0) is 0 Å². The number of benzene rings is 1. The van der Waals surface area contributed by atoms with E-state index in [-0.39, 0.29) is 17.2 Å². The van der Waals surface area contributed by atoms with E-state index >= 15 is 0 Å². The molecule has 0 amide bonds. The topological polar surface area (TPSA) is 52.3 Å². The van der Waals surface area contributed by atoms with Crippen LogP contribution in [0.25, 0.3) is 0 Å². The molecule has 3 heteroatoms. The molecule has 2 N–H and O–H groups in total. The van der Waals surface area contributed by atoms with E-state index in [1.807, 2.05) is 19.1 Å². The number of ketones is 1. The molecule has 0 aliphatic heterocycles. The molecule has 1 rings (SSSR count). The second kappa shape index (κ2) is 6.71. The molecule has 0 saturated carbocycles. The van der Waals surface area contributed by atoms with Crippen LogP contribution in [0.2, 0.25) is 0 Å². The van der Waals surface area contributed by atoms with Crippen LogP contribution < -0.4 is 10.5 Å². The molecule has 0 aliphatic rings. The number of carbonyl (C=O) groups is 1. The minimum atomic E-state index is -0.0842. The lowest BCUT2D eigenvalue weighted by Gasteiger charge is -2.22. The zero-order chi connectivity index (χ0) is 14.5. The first-order chi connectivity index (χ1) is 8.81. The summed E-state index contributed by atoms with van der Waals surface area (Å²) in [6.07, 6.45) is 1.24. The van der Waals surface area contributed by atoms with E-state index in [2.05, 4.69) is 20.8 Å². The van der Waals surface area contributed by atoms with Gasteiger partial charge >= 0.3 is 0 Å². The second-order valence-corrected chi connectivity index (χ2v) is 6.11. The summed E-state index contributed by atoms with van der Waals surface area (Å²) < 4.78 is 5.35. The van der Waals surface area contributed by atoms with Gasteiger partial charge in [0.1, 0.15) is 5.75 Å². The third-order valence-electron chi connectivity index (χ3n) is 2.81. The van der Waals surface area contributed by atoms with Gasteiger partial charge in [-0.3, -0.25) is 4.79 Å². The summed E-state index contributed by atoms with van der Waals surface area (Å²) >= 11 is 0. The Morgan fingerprint density at radius 1 is 1.26 bits per heavy atom. The molecular weight excluding hydrogens is 238 g/mol. The molecule has 106 valence electrons. The minimum absolute atomic E-state index is 0.0842. The Labute approximate surface area is 116 Å². The Morgan fingerprint density at radius 3 is 2.32 bits per heavy atom. The third-order valence-corrected chi connectivity index (χ3v) is 2.81. The van der Waals surface area contributed by atoms with Gasteiger partial charge in [-0.2, -0.15) is 0 Å². The van der Waals surface area contributed by atoms with Crippen LogP contribution in [0.15, 0.2) is 24.3 Å². The quantitative estimate of drug-likeness (QED) is 0.800. The Balaban J connectivity index is 2.58. The number of Topliss-reactive ketones (excluding diaryl/α,β-unsaturated/α-hetero) is 1. The van der Waals surface area contributed by atoms with Gasteiger partial charge in [0.25, 0.3) is 0 Å². The molecule has 1 atom stereocenters. The number of nitrogens with two attached hydrogens (primary N) is 1. The van der Waals surface area contributed by atoms with E-state index in [0.29, 0.717) is 18.6 Å². The molecule has 0 heterocycles. The van der Waals surface area contributed by atoms with E-state index in [9.17, 15) is 4.79 Å². The summed E-state index contributed by atoms with van der Waals surface area (Å²) in [6.45, 7) is 8.96. The van der Waals surface area contributed by atoms with Crippen LogP contribution in [0.5, 0.6) is 5.75 Å². The zero-order valence-electron chi connectivity index (χ0n) is 12.4. The van der Waals surface area contributed by atoms with Crippen LogP contribution in [0.3, 0.4) is 0 Å². The SMILES string of the molecule is CCOc1ccc(C(=O)CC(N)CC(C)(C)C)cc1. The lowest BCUT2D eigenvalue weighted by atomic mass is 9.86. The molecule has 0 aliphatic carbocycles. The average Bonchev–Trinajstić information content (AvgIpc) is 2.27. The number of hydrogen-bond acceptors (Lipinski definition) is 3. The van der Waals surface area contributed by atoms with E-state index in [4.69, 9.17) is 10.5 Å². The highest BCUT2D eigenvalue weighted by Gasteiger charge is 2.18. The van der Waals surface area contributed by atoms with Crippen molar-refractivity contribution < 1.29 is 9.53 Å². The Kier molecular flexibility index (Phi) is 5.55. The molecule has 19 heavy (non-hydrogen) atoms. The summed E-state index contributed by atoms with van der Waals surface area (Å²) in [5, 5.41) is 0. The summed E-state index contributed by atoms with van der Waals surface area (Å²) in [5.74, 6) is 0.887. The molecule has 0 fully saturated rings. The van der Waals surface area contributed by atoms with Gasteiger partial charge in [0, 0.05) is 18.0 Å². The van der Waals surface area contributed by atoms with Gasteiger partial charge in [-0.15, -0.1) is 0 Å². The molecule has 1 unspecified atom stereocenters. The molecule has 0 bridgehead atoms. The fourth-order valence-corrected chi connectivity index (χ4v) is 2.12. The summed E-state index contributed by atoms with van der Waals surface area (Å²) in [6, 6.07) is 7.17. The predicted octanol–water partition coefficient (Wildman–Crippen LogP) is 3.42. The molecule has 0 aromatic heterocycles. The maximum Gasteiger partial charge on any atom is 0.164 e. The van der Waals surface area contributed by atoms with E-state index < -0.39 is 0 Å². The Hall–Kier alpha value is -1.35. The van der Waals surface area contributed by atoms with E-state index in [1.54, 1.807) is 12.1 Å². The zero-order valence-corrected chi connectivity index (χ0v) is 12.4. The highest BCUT2D eigenvalue weighted by molar-refractivity contribution is 5.96. The first-order valence-corrected chi connectivity index (χ1v) is 6.83. The number of rotatable bonds is 6. The second-order valence-electron chi connectivity index (χ2n) is 6.11. The highest BCUT2D eigenvalue weighted by atomic mass is 16.5. The fourth-order valence-electron chi connectivity index (χ4n) is 2.12. The first kappa shape index (κ1) is 15.7. The van der Waals surface area contributed by atoms with Crippen LogP contribution in [0.1, 0.15) is 50.9 Å². The van der Waals surface area contributed by atoms with E-state index in [1.165, 1.54) is 0 Å². The van der Waals surface area contributed by atoms with Crippen LogP contribution in [-0.4, -0.2) is 18.4 Å². The van der Waals surface area contributed by atoms with Gasteiger partial charge in [-0.05, 0) is 43.0 Å². The average molecular weight is 263 g/mol. The normalized spacial score (nSPS) is 13.1. The molecule has 1 aromatic carbocycles. The first-order valence-electron chi connectivity index (χ1n) is 6.83. The predicted molar refractivity (Wildman–Crippen MR) is 78.6 cm³/mol. The van der Waals surface area contributed by atoms with Crippen molar-refractivity contribution in [2.45, 2.75) is 46.6 Å². The van der Waals surface area contributed by atoms with Crippen molar-refractivity contribution in [3.05, 3.63) is 29.8 Å². The van der Waals surface area contributed by atoms with Gasteiger partial charge in [0.15, 0.2) is 5.78 Å². The highest BCUT2D eigenvalue weighted by Crippen LogP contribution is 2.22. The minimum Gasteiger partial charge on any atom is -0.494 e. The number of ether oxygens (including phenoxy) is 1. The molecular formula is C16H25NO2. The third kappa shape index (κ3) is 5.88. The smallest absolute Gasteiger partial charge is 0.164 e. The fraction of sp³-hybridized carbons (Fsp3) is 0.562. The molecule has 0 radical (unpaired) electrons. The lowest BCUT2D eigenvalue weighted by Crippen LogP contribution is -2.28. The maximum absolute atomic E-state index is 12.1. The van der Waals surface area contributed by atoms with Crippen LogP contribution >= 0.6 is 0 Å². The van der Waals surface area contributed by atoms with Gasteiger partial charge in [0.05, 0.1) is 6.61 Å². The van der Waals surface area contributed by atoms with Crippen molar-refractivity contribution in [1.82, 2.24) is 0 Å². The lowest BCUT2D eigenvalue weighted by molar-refractivity contribution is 0.0968. The Morgan fingerprint density at radius 2 is 1.84 bits per heavy atom. The van der Waals surface area contributed by atoms with Crippen molar-refractivity contribution >= 4 is 5.78 Å². The van der Waals surface area contributed by atoms with Crippen molar-refractivity contribution in [3.63, 3.8) is 0 Å². The summed E-state index contributed by atoms with van der Waals surface area (Å²) in [4.78, 5) is 12.1. The van der Waals surface area contributed by atoms with Gasteiger partial charge in [0.2, 0.25) is 0 Å². The Bertz CT molecular complexity index is 404. The summed E-state index contributed by atoms with van der Waals surface area (Å²) in [7, 11) is 0. The monoisotopic (exact) mass is 263 g/mol. The van der Waals surface area contributed by atoms with Gasteiger partial charge < -0.3 is 10.5 Å². The molecule has 0 saturated heterocycles. The van der Waals surface area contributed by atoms with Crippen molar-refractivity contribution in [3.8, 4) is 5.75 Å². The standard InChI is InChI=1S/C16H25NO2/c1-5-19-14-8-6-12(7-9-14)15(18)10-13(17)11-16(2,3)4/h6-9,13H,5,10-11,17H2,1-4H3. The maximum atomic E-state index is 12.1. The molecule has 1 aromatic rings. The van der Waals surface area contributed by atoms with Gasteiger partial charge in [-0.25, -0.2) is 0 Å². The van der Waals surface area contributed by atoms with E-state index in [0.717, 1.165) is 12.2 Å². The molecule has 3 nitrogen and oxygen atoms in total.